The number of benzene rings is 1. The molecule has 2 rings (SSSR count). The van der Waals surface area contributed by atoms with E-state index in [0.29, 0.717) is 0 Å². The van der Waals surface area contributed by atoms with Crippen molar-refractivity contribution in [1.29, 1.82) is 0 Å². The van der Waals surface area contributed by atoms with Crippen molar-refractivity contribution in [2.24, 2.45) is 0 Å². The largest absolute Gasteiger partial charge is 0.432 e. The monoisotopic (exact) mass is 218 g/mol. The van der Waals surface area contributed by atoms with E-state index in [0.717, 1.165) is 24.3 Å². The number of carbonyl (C=O) groups excluding carboxylic acids is 1. The SMILES string of the molecule is CB(O)N1CCc2cc(NC(C)=O)ccc21. The minimum atomic E-state index is -0.465. The topological polar surface area (TPSA) is 52.6 Å². The molecule has 0 radical (unpaired) electrons. The van der Waals surface area contributed by atoms with E-state index in [9.17, 15) is 9.82 Å². The van der Waals surface area contributed by atoms with Gasteiger partial charge in [0.05, 0.1) is 0 Å². The second kappa shape index (κ2) is 4.18. The average molecular weight is 218 g/mol. The third-order valence-electron chi connectivity index (χ3n) is 2.78. The Hall–Kier alpha value is -1.49. The van der Waals surface area contributed by atoms with Gasteiger partial charge in [-0.3, -0.25) is 4.79 Å². The fourth-order valence-corrected chi connectivity index (χ4v) is 2.10. The van der Waals surface area contributed by atoms with Gasteiger partial charge in [0.15, 0.2) is 0 Å². The van der Waals surface area contributed by atoms with Gasteiger partial charge in [-0.05, 0) is 37.0 Å². The minimum Gasteiger partial charge on any atom is -0.432 e. The van der Waals surface area contributed by atoms with E-state index in [-0.39, 0.29) is 5.91 Å². The van der Waals surface area contributed by atoms with Gasteiger partial charge < -0.3 is 15.2 Å². The summed E-state index contributed by atoms with van der Waals surface area (Å²) in [4.78, 5) is 12.9. The van der Waals surface area contributed by atoms with Gasteiger partial charge in [0.2, 0.25) is 5.91 Å². The van der Waals surface area contributed by atoms with Crippen molar-refractivity contribution in [3.05, 3.63) is 23.8 Å². The first kappa shape index (κ1) is 11.0. The summed E-state index contributed by atoms with van der Waals surface area (Å²) < 4.78 is 0. The van der Waals surface area contributed by atoms with Gasteiger partial charge in [0.1, 0.15) is 0 Å². The fourth-order valence-electron chi connectivity index (χ4n) is 2.10. The number of rotatable bonds is 2. The Bertz CT molecular complexity index is 420. The highest BCUT2D eigenvalue weighted by Crippen LogP contribution is 2.30. The van der Waals surface area contributed by atoms with E-state index in [4.69, 9.17) is 0 Å². The van der Waals surface area contributed by atoms with Gasteiger partial charge in [-0.2, -0.15) is 0 Å². The zero-order valence-corrected chi connectivity index (χ0v) is 9.53. The highest BCUT2D eigenvalue weighted by atomic mass is 16.2. The molecular formula is C11H15BN2O2. The van der Waals surface area contributed by atoms with Crippen LogP contribution in [0.15, 0.2) is 18.2 Å². The summed E-state index contributed by atoms with van der Waals surface area (Å²) >= 11 is 0. The molecule has 0 atom stereocenters. The molecule has 5 heteroatoms. The Morgan fingerprint density at radius 3 is 2.94 bits per heavy atom. The molecule has 4 nitrogen and oxygen atoms in total. The van der Waals surface area contributed by atoms with Crippen molar-refractivity contribution in [3.63, 3.8) is 0 Å². The normalized spacial score (nSPS) is 13.6. The summed E-state index contributed by atoms with van der Waals surface area (Å²) in [6, 6.07) is 5.78. The summed E-state index contributed by atoms with van der Waals surface area (Å²) in [5.41, 5.74) is 3.05. The van der Waals surface area contributed by atoms with Crippen molar-refractivity contribution >= 4 is 24.3 Å². The molecule has 0 fully saturated rings. The van der Waals surface area contributed by atoms with Gasteiger partial charge in [0, 0.05) is 24.8 Å². The van der Waals surface area contributed by atoms with Crippen LogP contribution in [0.25, 0.3) is 0 Å². The molecule has 1 amide bonds. The number of anilines is 2. The van der Waals surface area contributed by atoms with Gasteiger partial charge in [-0.15, -0.1) is 0 Å². The second-order valence-electron chi connectivity index (χ2n) is 4.10. The van der Waals surface area contributed by atoms with Crippen molar-refractivity contribution in [2.75, 3.05) is 16.7 Å². The number of fused-ring (bicyclic) bond motifs is 1. The molecule has 1 heterocycles. The van der Waals surface area contributed by atoms with Crippen LogP contribution in [0.1, 0.15) is 12.5 Å². The number of nitrogens with zero attached hydrogens (tertiary/aromatic N) is 1. The molecule has 0 unspecified atom stereocenters. The van der Waals surface area contributed by atoms with Gasteiger partial charge in [0.25, 0.3) is 0 Å². The van der Waals surface area contributed by atoms with E-state index in [1.54, 1.807) is 6.82 Å². The lowest BCUT2D eigenvalue weighted by atomic mass is 9.85. The summed E-state index contributed by atoms with van der Waals surface area (Å²) in [6.45, 7) is 4.09. The maximum Gasteiger partial charge on any atom is 0.409 e. The Balaban J connectivity index is 2.25. The van der Waals surface area contributed by atoms with Crippen LogP contribution in [0.2, 0.25) is 6.82 Å². The molecule has 2 N–H and O–H groups in total. The molecule has 0 saturated heterocycles. The standard InChI is InChI=1S/C11H15BN2O2/c1-8(15)13-10-3-4-11-9(7-10)5-6-14(11)12(2)16/h3-4,7,16H,5-6H2,1-2H3,(H,13,15). The molecule has 16 heavy (non-hydrogen) atoms. The summed E-state index contributed by atoms with van der Waals surface area (Å²) in [5.74, 6) is -0.0645. The molecule has 0 spiro atoms. The van der Waals surface area contributed by atoms with Crippen molar-refractivity contribution in [2.45, 2.75) is 20.2 Å². The van der Waals surface area contributed by atoms with E-state index in [1.165, 1.54) is 12.5 Å². The maximum absolute atomic E-state index is 10.9. The summed E-state index contributed by atoms with van der Waals surface area (Å²) in [7, 11) is -0.465. The van der Waals surface area contributed by atoms with Crippen molar-refractivity contribution in [1.82, 2.24) is 0 Å². The van der Waals surface area contributed by atoms with Crippen LogP contribution < -0.4 is 10.1 Å². The maximum atomic E-state index is 10.9. The highest BCUT2D eigenvalue weighted by molar-refractivity contribution is 6.54. The van der Waals surface area contributed by atoms with Crippen LogP contribution in [0.5, 0.6) is 0 Å². The van der Waals surface area contributed by atoms with E-state index in [1.807, 2.05) is 23.0 Å². The number of hydrogen-bond donors (Lipinski definition) is 2. The van der Waals surface area contributed by atoms with Gasteiger partial charge in [-0.25, -0.2) is 0 Å². The van der Waals surface area contributed by atoms with Crippen molar-refractivity contribution < 1.29 is 9.82 Å². The lowest BCUT2D eigenvalue weighted by Gasteiger charge is -2.20. The first-order valence-electron chi connectivity index (χ1n) is 5.43. The van der Waals surface area contributed by atoms with Crippen molar-refractivity contribution in [3.8, 4) is 0 Å². The van der Waals surface area contributed by atoms with Crippen LogP contribution in [-0.4, -0.2) is 24.5 Å². The number of carbonyl (C=O) groups is 1. The predicted octanol–water partition coefficient (Wildman–Crippen LogP) is 1.12. The Morgan fingerprint density at radius 1 is 1.56 bits per heavy atom. The van der Waals surface area contributed by atoms with Crippen LogP contribution in [0.4, 0.5) is 11.4 Å². The zero-order chi connectivity index (χ0) is 11.7. The lowest BCUT2D eigenvalue weighted by Crippen LogP contribution is -2.35. The number of nitrogens with one attached hydrogen (secondary N) is 1. The second-order valence-corrected chi connectivity index (χ2v) is 4.10. The predicted molar refractivity (Wildman–Crippen MR) is 65.6 cm³/mol. The molecule has 0 aromatic heterocycles. The Labute approximate surface area is 95.4 Å². The molecule has 1 aromatic rings. The molecular weight excluding hydrogens is 203 g/mol. The molecule has 0 aliphatic carbocycles. The zero-order valence-electron chi connectivity index (χ0n) is 9.53. The first-order chi connectivity index (χ1) is 7.58. The molecule has 0 saturated carbocycles. The minimum absolute atomic E-state index is 0.0645. The highest BCUT2D eigenvalue weighted by Gasteiger charge is 2.24. The molecule has 0 bridgehead atoms. The molecule has 1 aliphatic rings. The molecule has 1 aliphatic heterocycles. The Morgan fingerprint density at radius 2 is 2.31 bits per heavy atom. The van der Waals surface area contributed by atoms with Crippen LogP contribution >= 0.6 is 0 Å². The number of hydrogen-bond acceptors (Lipinski definition) is 3. The summed E-state index contributed by atoms with van der Waals surface area (Å²) in [6.07, 6.45) is 0.910. The number of amides is 1. The molecule has 84 valence electrons. The van der Waals surface area contributed by atoms with Crippen LogP contribution in [-0.2, 0) is 11.2 Å². The van der Waals surface area contributed by atoms with Crippen LogP contribution in [0.3, 0.4) is 0 Å². The quantitative estimate of drug-likeness (QED) is 0.731. The lowest BCUT2D eigenvalue weighted by molar-refractivity contribution is -0.114. The summed E-state index contributed by atoms with van der Waals surface area (Å²) in [5, 5.41) is 12.3. The average Bonchev–Trinajstić information content (AvgIpc) is 2.59. The van der Waals surface area contributed by atoms with E-state index < -0.39 is 7.05 Å². The van der Waals surface area contributed by atoms with E-state index >= 15 is 0 Å². The van der Waals surface area contributed by atoms with Crippen LogP contribution in [0, 0.1) is 0 Å². The molecule has 1 aromatic carbocycles. The smallest absolute Gasteiger partial charge is 0.409 e. The third-order valence-corrected chi connectivity index (χ3v) is 2.78. The van der Waals surface area contributed by atoms with E-state index in [2.05, 4.69) is 5.32 Å². The third kappa shape index (κ3) is 2.04. The fraction of sp³-hybridized carbons (Fsp3) is 0.364. The first-order valence-corrected chi connectivity index (χ1v) is 5.43. The van der Waals surface area contributed by atoms with Gasteiger partial charge in [-0.1, -0.05) is 0 Å². The van der Waals surface area contributed by atoms with Gasteiger partial charge >= 0.3 is 7.05 Å². The Kier molecular flexibility index (Phi) is 2.87.